The van der Waals surface area contributed by atoms with Crippen LogP contribution in [0, 0.1) is 11.8 Å². The highest BCUT2D eigenvalue weighted by Crippen LogP contribution is 2.39. The number of amides is 1. The summed E-state index contributed by atoms with van der Waals surface area (Å²) in [5, 5.41) is 7.83. The molecular formula is C35H35N3O4. The maximum atomic E-state index is 13.9. The van der Waals surface area contributed by atoms with Crippen LogP contribution in [0.2, 0.25) is 0 Å². The fourth-order valence-electron chi connectivity index (χ4n) is 6.57. The van der Waals surface area contributed by atoms with E-state index in [1.807, 2.05) is 72.8 Å². The molecule has 6 rings (SSSR count). The fourth-order valence-corrected chi connectivity index (χ4v) is 6.57. The van der Waals surface area contributed by atoms with Crippen molar-refractivity contribution in [3.63, 3.8) is 0 Å². The molecule has 1 amide bonds. The third-order valence-electron chi connectivity index (χ3n) is 8.74. The van der Waals surface area contributed by atoms with Crippen molar-refractivity contribution in [1.82, 2.24) is 9.78 Å². The van der Waals surface area contributed by atoms with Gasteiger partial charge in [-0.15, -0.1) is 0 Å². The topological polar surface area (TPSA) is 90.3 Å². The Balaban J connectivity index is 1.22. The number of benzene rings is 3. The van der Waals surface area contributed by atoms with Gasteiger partial charge in [-0.05, 0) is 66.0 Å². The maximum absolute atomic E-state index is 13.9. The monoisotopic (exact) mass is 561 g/mol. The van der Waals surface area contributed by atoms with E-state index in [2.05, 4.69) is 10.4 Å². The van der Waals surface area contributed by atoms with Gasteiger partial charge in [0.1, 0.15) is 0 Å². The minimum atomic E-state index is -0.280. The fraction of sp³-hybridized carbons (Fsp3) is 0.314. The van der Waals surface area contributed by atoms with Crippen molar-refractivity contribution in [2.45, 2.75) is 51.0 Å². The first kappa shape index (κ1) is 27.6. The highest BCUT2D eigenvalue weighted by atomic mass is 16.5. The van der Waals surface area contributed by atoms with E-state index in [4.69, 9.17) is 4.74 Å². The molecule has 0 bridgehead atoms. The highest BCUT2D eigenvalue weighted by molar-refractivity contribution is 5.97. The summed E-state index contributed by atoms with van der Waals surface area (Å²) < 4.78 is 6.46. The van der Waals surface area contributed by atoms with Gasteiger partial charge in [0.25, 0.3) is 5.56 Å². The zero-order valence-electron chi connectivity index (χ0n) is 23.8. The van der Waals surface area contributed by atoms with Gasteiger partial charge in [-0.3, -0.25) is 14.4 Å². The minimum absolute atomic E-state index is 0.0157. The number of esters is 1. The molecule has 4 aromatic rings. The Morgan fingerprint density at radius 2 is 1.69 bits per heavy atom. The summed E-state index contributed by atoms with van der Waals surface area (Å²) in [6, 6.07) is 27.0. The Bertz CT molecular complexity index is 1640. The minimum Gasteiger partial charge on any atom is -0.469 e. The van der Waals surface area contributed by atoms with E-state index in [-0.39, 0.29) is 35.2 Å². The molecule has 7 nitrogen and oxygen atoms in total. The number of nitrogens with one attached hydrogen (secondary N) is 1. The predicted octanol–water partition coefficient (Wildman–Crippen LogP) is 5.76. The summed E-state index contributed by atoms with van der Waals surface area (Å²) in [6.07, 6.45) is 5.48. The van der Waals surface area contributed by atoms with Crippen LogP contribution < -0.4 is 10.9 Å². The van der Waals surface area contributed by atoms with Crippen molar-refractivity contribution >= 4 is 17.6 Å². The molecule has 1 heterocycles. The van der Waals surface area contributed by atoms with Gasteiger partial charge in [-0.25, -0.2) is 4.68 Å². The molecule has 214 valence electrons. The lowest BCUT2D eigenvalue weighted by atomic mass is 9.83. The zero-order valence-corrected chi connectivity index (χ0v) is 23.8. The van der Waals surface area contributed by atoms with Crippen molar-refractivity contribution in [1.29, 1.82) is 0 Å². The van der Waals surface area contributed by atoms with Crippen LogP contribution in [0.15, 0.2) is 89.7 Å². The second kappa shape index (κ2) is 12.1. The van der Waals surface area contributed by atoms with E-state index < -0.39 is 0 Å². The van der Waals surface area contributed by atoms with Gasteiger partial charge >= 0.3 is 5.97 Å². The first-order valence-electron chi connectivity index (χ1n) is 14.7. The van der Waals surface area contributed by atoms with Crippen LogP contribution in [0.25, 0.3) is 11.3 Å². The number of fused-ring (bicyclic) bond motifs is 1. The molecule has 42 heavy (non-hydrogen) atoms. The van der Waals surface area contributed by atoms with Gasteiger partial charge in [0.2, 0.25) is 5.91 Å². The SMILES string of the molecule is COC(=O)C1Cc2cccc(NC(=O)C(c3ccc(Cn4nc(-c5ccccc5)ccc4=O)cc3)C3CCCC3)c2C1. The molecule has 1 fully saturated rings. The molecule has 7 heteroatoms. The number of ether oxygens (including phenoxy) is 1. The average Bonchev–Trinajstić information content (AvgIpc) is 3.71. The smallest absolute Gasteiger partial charge is 0.309 e. The normalized spacial score (nSPS) is 17.0. The first-order valence-corrected chi connectivity index (χ1v) is 14.7. The summed E-state index contributed by atoms with van der Waals surface area (Å²) in [5.74, 6) is -0.453. The first-order chi connectivity index (χ1) is 20.5. The van der Waals surface area contributed by atoms with E-state index in [0.717, 1.165) is 64.9 Å². The maximum Gasteiger partial charge on any atom is 0.309 e. The number of hydrogen-bond donors (Lipinski definition) is 1. The van der Waals surface area contributed by atoms with Crippen molar-refractivity contribution in [2.24, 2.45) is 11.8 Å². The molecule has 1 saturated carbocycles. The van der Waals surface area contributed by atoms with Crippen LogP contribution in [0.1, 0.15) is 53.9 Å². The van der Waals surface area contributed by atoms with Gasteiger partial charge in [0, 0.05) is 17.3 Å². The quantitative estimate of drug-likeness (QED) is 0.276. The molecule has 2 unspecified atom stereocenters. The third kappa shape index (κ3) is 5.77. The number of carbonyl (C=O) groups excluding carboxylic acids is 2. The van der Waals surface area contributed by atoms with E-state index in [1.54, 1.807) is 12.1 Å². The number of nitrogens with zero attached hydrogens (tertiary/aromatic N) is 2. The van der Waals surface area contributed by atoms with Crippen molar-refractivity contribution in [2.75, 3.05) is 12.4 Å². The molecule has 0 radical (unpaired) electrons. The summed E-state index contributed by atoms with van der Waals surface area (Å²) in [6.45, 7) is 0.345. The predicted molar refractivity (Wildman–Crippen MR) is 162 cm³/mol. The Morgan fingerprint density at radius 3 is 2.43 bits per heavy atom. The van der Waals surface area contributed by atoms with E-state index in [9.17, 15) is 14.4 Å². The second-order valence-corrected chi connectivity index (χ2v) is 11.4. The molecule has 2 aliphatic carbocycles. The molecule has 3 aromatic carbocycles. The largest absolute Gasteiger partial charge is 0.469 e. The number of anilines is 1. The summed E-state index contributed by atoms with van der Waals surface area (Å²) in [7, 11) is 1.42. The summed E-state index contributed by atoms with van der Waals surface area (Å²) in [4.78, 5) is 38.7. The van der Waals surface area contributed by atoms with Crippen LogP contribution in [-0.4, -0.2) is 28.8 Å². The zero-order chi connectivity index (χ0) is 29.1. The standard InChI is InChI=1S/C35H35N3O4/c1-42-35(41)28-20-27-12-7-13-31(29(27)21-28)36-34(40)33(25-10-5-6-11-25)26-16-14-23(15-17-26)22-38-32(39)19-18-30(37-38)24-8-3-2-4-9-24/h2-4,7-9,12-19,25,28,33H,5-6,10-11,20-22H2,1H3,(H,36,40). The number of rotatable bonds is 8. The lowest BCUT2D eigenvalue weighted by Crippen LogP contribution is -2.27. The van der Waals surface area contributed by atoms with Crippen LogP contribution in [0.4, 0.5) is 5.69 Å². The Kier molecular flexibility index (Phi) is 8.00. The van der Waals surface area contributed by atoms with Crippen molar-refractivity contribution in [3.05, 3.63) is 118 Å². The van der Waals surface area contributed by atoms with Gasteiger partial charge in [-0.1, -0.05) is 79.6 Å². The van der Waals surface area contributed by atoms with Crippen LogP contribution >= 0.6 is 0 Å². The number of hydrogen-bond acceptors (Lipinski definition) is 5. The number of aromatic nitrogens is 2. The average molecular weight is 562 g/mol. The Labute approximate surface area is 245 Å². The molecule has 2 aliphatic rings. The Hall–Kier alpha value is -4.52. The molecule has 1 N–H and O–H groups in total. The van der Waals surface area contributed by atoms with E-state index in [1.165, 1.54) is 11.8 Å². The number of methoxy groups -OCH3 is 1. The second-order valence-electron chi connectivity index (χ2n) is 11.4. The van der Waals surface area contributed by atoms with Gasteiger partial charge in [-0.2, -0.15) is 5.10 Å². The van der Waals surface area contributed by atoms with Crippen LogP contribution in [0.5, 0.6) is 0 Å². The highest BCUT2D eigenvalue weighted by Gasteiger charge is 2.34. The third-order valence-corrected chi connectivity index (χ3v) is 8.74. The van der Waals surface area contributed by atoms with E-state index in [0.29, 0.717) is 19.4 Å². The van der Waals surface area contributed by atoms with Crippen molar-refractivity contribution in [3.8, 4) is 11.3 Å². The molecule has 1 aromatic heterocycles. The molecule has 2 atom stereocenters. The van der Waals surface area contributed by atoms with Gasteiger partial charge in [0.15, 0.2) is 0 Å². The van der Waals surface area contributed by atoms with Crippen LogP contribution in [0.3, 0.4) is 0 Å². The lowest BCUT2D eigenvalue weighted by molar-refractivity contribution is -0.145. The molecular weight excluding hydrogens is 526 g/mol. The lowest BCUT2D eigenvalue weighted by Gasteiger charge is -2.24. The van der Waals surface area contributed by atoms with E-state index >= 15 is 0 Å². The Morgan fingerprint density at radius 1 is 0.929 bits per heavy atom. The van der Waals surface area contributed by atoms with Gasteiger partial charge in [0.05, 0.1) is 31.2 Å². The molecule has 0 saturated heterocycles. The van der Waals surface area contributed by atoms with Gasteiger partial charge < -0.3 is 10.1 Å². The molecule has 0 aliphatic heterocycles. The van der Waals surface area contributed by atoms with Crippen LogP contribution in [-0.2, 0) is 33.7 Å². The summed E-state index contributed by atoms with van der Waals surface area (Å²) in [5.41, 5.74) is 6.36. The van der Waals surface area contributed by atoms with Crippen molar-refractivity contribution < 1.29 is 14.3 Å². The number of carbonyl (C=O) groups is 2. The molecule has 0 spiro atoms. The summed E-state index contributed by atoms with van der Waals surface area (Å²) >= 11 is 0.